The average molecular weight is 427 g/mol. The van der Waals surface area contributed by atoms with Gasteiger partial charge < -0.3 is 5.11 Å². The minimum atomic E-state index is 0.185. The monoisotopic (exact) mass is 426 g/mol. The maximum absolute atomic E-state index is 10.6. The fourth-order valence-electron chi connectivity index (χ4n) is 11.7. The Bertz CT molecular complexity index is 752. The van der Waals surface area contributed by atoms with E-state index in [2.05, 4.69) is 48.1 Å². The summed E-state index contributed by atoms with van der Waals surface area (Å²) in [5, 5.41) is 10.6. The number of hydrogen-bond acceptors (Lipinski definition) is 1. The molecule has 0 heterocycles. The highest BCUT2D eigenvalue weighted by Gasteiger charge is 2.70. The number of allylic oxidation sites excluding steroid dienone is 1. The first kappa shape index (κ1) is 22.5. The van der Waals surface area contributed by atoms with E-state index in [1.54, 1.807) is 0 Å². The fraction of sp³-hybridized carbons (Fsp3) is 0.933. The van der Waals surface area contributed by atoms with E-state index in [4.69, 9.17) is 0 Å². The number of hydrogen-bond donors (Lipinski definition) is 1. The molecule has 0 unspecified atom stereocenters. The maximum atomic E-state index is 10.6. The van der Waals surface area contributed by atoms with Crippen molar-refractivity contribution >= 4 is 0 Å². The molecular weight excluding hydrogens is 376 g/mol. The molecule has 5 rings (SSSR count). The Morgan fingerprint density at radius 3 is 2.23 bits per heavy atom. The second-order valence-corrected chi connectivity index (χ2v) is 14.5. The van der Waals surface area contributed by atoms with Crippen LogP contribution in [0.5, 0.6) is 0 Å². The summed E-state index contributed by atoms with van der Waals surface area (Å²) >= 11 is 0. The van der Waals surface area contributed by atoms with Gasteiger partial charge in [-0.2, -0.15) is 0 Å². The highest BCUT2D eigenvalue weighted by molar-refractivity contribution is 5.21. The molecule has 31 heavy (non-hydrogen) atoms. The third kappa shape index (κ3) is 2.71. The number of aliphatic hydroxyl groups is 1. The van der Waals surface area contributed by atoms with Gasteiger partial charge in [0.15, 0.2) is 0 Å². The van der Waals surface area contributed by atoms with Crippen LogP contribution in [0.2, 0.25) is 0 Å². The Balaban J connectivity index is 1.55. The Labute approximate surface area is 192 Å². The van der Waals surface area contributed by atoms with E-state index in [-0.39, 0.29) is 5.41 Å². The van der Waals surface area contributed by atoms with Gasteiger partial charge in [-0.3, -0.25) is 0 Å². The fourth-order valence-corrected chi connectivity index (χ4v) is 11.7. The molecule has 0 aliphatic heterocycles. The zero-order valence-corrected chi connectivity index (χ0v) is 21.5. The first-order chi connectivity index (χ1) is 14.5. The van der Waals surface area contributed by atoms with Gasteiger partial charge >= 0.3 is 0 Å². The van der Waals surface area contributed by atoms with E-state index in [1.807, 2.05) is 0 Å². The van der Waals surface area contributed by atoms with Crippen LogP contribution in [0.25, 0.3) is 0 Å². The third-order valence-corrected chi connectivity index (χ3v) is 13.3. The van der Waals surface area contributed by atoms with Crippen LogP contribution in [0.4, 0.5) is 0 Å². The standard InChI is InChI=1S/C30H50O/c1-20(2)21-11-16-30(19-31)18-17-28(6)22(25(21)30)9-10-24-27(5)14-8-13-26(3,4)23(27)12-15-29(24,28)7/h21-25,31H,1,8-19H2,2-7H3/t21-,22+,23+,24+,25+,27-,28+,29+,30+/m0/s1. The van der Waals surface area contributed by atoms with Crippen LogP contribution in [-0.2, 0) is 0 Å². The summed E-state index contributed by atoms with van der Waals surface area (Å²) in [6, 6.07) is 0. The van der Waals surface area contributed by atoms with E-state index in [0.29, 0.717) is 40.1 Å². The third-order valence-electron chi connectivity index (χ3n) is 13.3. The highest BCUT2D eigenvalue weighted by Crippen LogP contribution is 2.77. The molecule has 0 aromatic rings. The van der Waals surface area contributed by atoms with Gasteiger partial charge in [0.05, 0.1) is 0 Å². The van der Waals surface area contributed by atoms with Crippen LogP contribution in [0, 0.1) is 56.7 Å². The molecule has 0 aromatic heterocycles. The van der Waals surface area contributed by atoms with Crippen molar-refractivity contribution in [2.75, 3.05) is 6.61 Å². The Morgan fingerprint density at radius 1 is 0.806 bits per heavy atom. The first-order valence-electron chi connectivity index (χ1n) is 13.7. The lowest BCUT2D eigenvalue weighted by Crippen LogP contribution is -2.65. The summed E-state index contributed by atoms with van der Waals surface area (Å²) in [5.41, 5.74) is 3.50. The molecule has 5 saturated carbocycles. The minimum Gasteiger partial charge on any atom is -0.396 e. The molecule has 0 radical (unpaired) electrons. The summed E-state index contributed by atoms with van der Waals surface area (Å²) in [7, 11) is 0. The molecule has 1 N–H and O–H groups in total. The Morgan fingerprint density at radius 2 is 1.55 bits per heavy atom. The lowest BCUT2D eigenvalue weighted by Gasteiger charge is -2.72. The SMILES string of the molecule is C=C(C)[C@@H]1CC[C@]2(CO)CC[C@]3(C)[C@H](CC[C@@H]4[C@@]5(C)CCCC(C)(C)[C@H]5CC[C@]43C)[C@@H]12. The van der Waals surface area contributed by atoms with Crippen LogP contribution in [0.3, 0.4) is 0 Å². The van der Waals surface area contributed by atoms with Gasteiger partial charge in [-0.15, -0.1) is 0 Å². The largest absolute Gasteiger partial charge is 0.396 e. The van der Waals surface area contributed by atoms with Gasteiger partial charge in [-0.1, -0.05) is 53.2 Å². The van der Waals surface area contributed by atoms with Crippen molar-refractivity contribution in [3.63, 3.8) is 0 Å². The summed E-state index contributed by atoms with van der Waals surface area (Å²) < 4.78 is 0. The maximum Gasteiger partial charge on any atom is 0.0490 e. The van der Waals surface area contributed by atoms with Gasteiger partial charge in [-0.25, -0.2) is 0 Å². The lowest BCUT2D eigenvalue weighted by molar-refractivity contribution is -0.238. The molecule has 1 heteroatoms. The Hall–Kier alpha value is -0.300. The van der Waals surface area contributed by atoms with Crippen molar-refractivity contribution in [3.05, 3.63) is 12.2 Å². The van der Waals surface area contributed by atoms with E-state index in [0.717, 1.165) is 17.8 Å². The number of fused-ring (bicyclic) bond motifs is 7. The first-order valence-corrected chi connectivity index (χ1v) is 13.7. The van der Waals surface area contributed by atoms with Crippen LogP contribution in [-0.4, -0.2) is 11.7 Å². The molecule has 0 spiro atoms. The van der Waals surface area contributed by atoms with E-state index in [1.165, 1.54) is 76.2 Å². The molecule has 0 saturated heterocycles. The van der Waals surface area contributed by atoms with Crippen LogP contribution in [0.1, 0.15) is 112 Å². The number of aliphatic hydroxyl groups excluding tert-OH is 1. The summed E-state index contributed by atoms with van der Waals surface area (Å²) in [6.45, 7) is 20.5. The number of rotatable bonds is 2. The van der Waals surface area contributed by atoms with Crippen LogP contribution in [0.15, 0.2) is 12.2 Å². The summed E-state index contributed by atoms with van der Waals surface area (Å²) in [5.74, 6) is 3.86. The average Bonchev–Trinajstić information content (AvgIpc) is 3.08. The van der Waals surface area contributed by atoms with Crippen molar-refractivity contribution < 1.29 is 5.11 Å². The summed E-state index contributed by atoms with van der Waals surface area (Å²) in [6.07, 6.45) is 15.1. The molecular formula is C30H50O. The quantitative estimate of drug-likeness (QED) is 0.443. The van der Waals surface area contributed by atoms with Crippen molar-refractivity contribution in [3.8, 4) is 0 Å². The Kier molecular flexibility index (Phi) is 4.98. The smallest absolute Gasteiger partial charge is 0.0490 e. The zero-order chi connectivity index (χ0) is 22.4. The van der Waals surface area contributed by atoms with Crippen LogP contribution >= 0.6 is 0 Å². The van der Waals surface area contributed by atoms with Gasteiger partial charge in [0.1, 0.15) is 0 Å². The summed E-state index contributed by atoms with van der Waals surface area (Å²) in [4.78, 5) is 0. The van der Waals surface area contributed by atoms with Crippen molar-refractivity contribution in [1.29, 1.82) is 0 Å². The predicted molar refractivity (Wildman–Crippen MR) is 131 cm³/mol. The van der Waals surface area contributed by atoms with E-state index < -0.39 is 0 Å². The van der Waals surface area contributed by atoms with E-state index >= 15 is 0 Å². The highest BCUT2D eigenvalue weighted by atomic mass is 16.3. The zero-order valence-electron chi connectivity index (χ0n) is 21.5. The molecule has 0 amide bonds. The van der Waals surface area contributed by atoms with Crippen molar-refractivity contribution in [1.82, 2.24) is 0 Å². The predicted octanol–water partition coefficient (Wildman–Crippen LogP) is 8.03. The van der Waals surface area contributed by atoms with Crippen molar-refractivity contribution in [2.45, 2.75) is 112 Å². The van der Waals surface area contributed by atoms with Gasteiger partial charge in [0.25, 0.3) is 0 Å². The molecule has 176 valence electrons. The molecule has 5 fully saturated rings. The minimum absolute atomic E-state index is 0.185. The van der Waals surface area contributed by atoms with E-state index in [9.17, 15) is 5.11 Å². The molecule has 0 aromatic carbocycles. The normalized spacial score (nSPS) is 55.5. The van der Waals surface area contributed by atoms with Crippen molar-refractivity contribution in [2.24, 2.45) is 56.7 Å². The molecule has 1 nitrogen and oxygen atoms in total. The molecule has 5 aliphatic carbocycles. The van der Waals surface area contributed by atoms with Gasteiger partial charge in [0, 0.05) is 6.61 Å². The molecule has 5 aliphatic rings. The van der Waals surface area contributed by atoms with Crippen LogP contribution < -0.4 is 0 Å². The molecule has 9 atom stereocenters. The van der Waals surface area contributed by atoms with Gasteiger partial charge in [0.2, 0.25) is 0 Å². The van der Waals surface area contributed by atoms with Gasteiger partial charge in [-0.05, 0) is 128 Å². The second kappa shape index (κ2) is 6.86. The topological polar surface area (TPSA) is 20.2 Å². The lowest BCUT2D eigenvalue weighted by atomic mass is 9.32. The second-order valence-electron chi connectivity index (χ2n) is 14.5. The molecule has 0 bridgehead atoms.